The lowest BCUT2D eigenvalue weighted by molar-refractivity contribution is -0.137. The Balaban J connectivity index is 2.24. The molecule has 0 N–H and O–H groups in total. The Morgan fingerprint density at radius 2 is 2.19 bits per heavy atom. The number of likely N-dealkylation sites (N-methyl/N-ethyl adjacent to an activating group) is 2. The number of hydrogen-bond donors (Lipinski definition) is 0. The number of carbonyl (C=O) groups excluding carboxylic acids is 1. The summed E-state index contributed by atoms with van der Waals surface area (Å²) < 4.78 is 0. The molecule has 0 aromatic carbocycles. The van der Waals surface area contributed by atoms with E-state index in [4.69, 9.17) is 0 Å². The molecule has 0 aromatic heterocycles. The van der Waals surface area contributed by atoms with Gasteiger partial charge >= 0.3 is 0 Å². The first kappa shape index (κ1) is 11.9. The lowest BCUT2D eigenvalue weighted by Crippen LogP contribution is -2.56. The molecule has 1 amide bonds. The number of amides is 1. The summed E-state index contributed by atoms with van der Waals surface area (Å²) in [6, 6.07) is 0.576. The van der Waals surface area contributed by atoms with Crippen LogP contribution in [0, 0.1) is 0 Å². The fraction of sp³-hybridized carbons (Fsp3) is 0.923. The van der Waals surface area contributed by atoms with Crippen molar-refractivity contribution in [2.75, 3.05) is 20.1 Å². The first-order valence-corrected chi connectivity index (χ1v) is 6.60. The van der Waals surface area contributed by atoms with Crippen LogP contribution in [-0.2, 0) is 4.79 Å². The number of hydrogen-bond acceptors (Lipinski definition) is 2. The number of fused-ring (bicyclic) bond motifs is 1. The number of carbonyl (C=O) groups is 1. The van der Waals surface area contributed by atoms with E-state index in [1.54, 1.807) is 0 Å². The van der Waals surface area contributed by atoms with Gasteiger partial charge in [0.25, 0.3) is 0 Å². The van der Waals surface area contributed by atoms with Gasteiger partial charge in [-0.05, 0) is 32.7 Å². The van der Waals surface area contributed by atoms with Crippen molar-refractivity contribution in [2.24, 2.45) is 0 Å². The Labute approximate surface area is 98.8 Å². The molecule has 0 saturated carbocycles. The van der Waals surface area contributed by atoms with Crippen LogP contribution in [0.5, 0.6) is 0 Å². The van der Waals surface area contributed by atoms with Crippen LogP contribution in [-0.4, -0.2) is 47.4 Å². The number of likely N-dealkylation sites (tertiary alicyclic amines) is 2. The zero-order valence-electron chi connectivity index (χ0n) is 10.8. The summed E-state index contributed by atoms with van der Waals surface area (Å²) in [4.78, 5) is 16.6. The minimum atomic E-state index is 0.0769. The van der Waals surface area contributed by atoms with Crippen molar-refractivity contribution in [1.29, 1.82) is 0 Å². The van der Waals surface area contributed by atoms with Crippen molar-refractivity contribution in [2.45, 2.75) is 57.5 Å². The summed E-state index contributed by atoms with van der Waals surface area (Å²) in [5, 5.41) is 0. The SMILES string of the molecule is CCN1CC[C@]2(C)[C@H]1CCCCC(=O)N2C. The van der Waals surface area contributed by atoms with Crippen LogP contribution < -0.4 is 0 Å². The molecule has 2 atom stereocenters. The molecule has 2 aliphatic heterocycles. The third-order valence-electron chi connectivity index (χ3n) is 4.73. The van der Waals surface area contributed by atoms with Crippen molar-refractivity contribution < 1.29 is 4.79 Å². The minimum Gasteiger partial charge on any atom is -0.339 e. The minimum absolute atomic E-state index is 0.0769. The smallest absolute Gasteiger partial charge is 0.222 e. The zero-order chi connectivity index (χ0) is 11.8. The van der Waals surface area contributed by atoms with E-state index in [0.29, 0.717) is 11.9 Å². The van der Waals surface area contributed by atoms with Crippen molar-refractivity contribution in [3.63, 3.8) is 0 Å². The molecule has 16 heavy (non-hydrogen) atoms. The second-order valence-corrected chi connectivity index (χ2v) is 5.45. The molecule has 2 heterocycles. The molecule has 0 unspecified atom stereocenters. The maximum atomic E-state index is 12.0. The van der Waals surface area contributed by atoms with Crippen molar-refractivity contribution in [1.82, 2.24) is 9.80 Å². The Bertz CT molecular complexity index is 279. The molecule has 0 aliphatic carbocycles. The predicted octanol–water partition coefficient (Wildman–Crippen LogP) is 1.87. The number of rotatable bonds is 1. The largest absolute Gasteiger partial charge is 0.339 e. The molecule has 2 fully saturated rings. The van der Waals surface area contributed by atoms with Gasteiger partial charge in [-0.25, -0.2) is 0 Å². The fourth-order valence-corrected chi connectivity index (χ4v) is 3.42. The van der Waals surface area contributed by atoms with E-state index in [2.05, 4.69) is 18.7 Å². The molecule has 2 rings (SSSR count). The lowest BCUT2D eigenvalue weighted by Gasteiger charge is -2.43. The topological polar surface area (TPSA) is 23.6 Å². The Hall–Kier alpha value is -0.570. The Morgan fingerprint density at radius 3 is 2.88 bits per heavy atom. The van der Waals surface area contributed by atoms with E-state index in [-0.39, 0.29) is 5.54 Å². The third kappa shape index (κ3) is 1.75. The van der Waals surface area contributed by atoms with E-state index < -0.39 is 0 Å². The zero-order valence-corrected chi connectivity index (χ0v) is 10.8. The van der Waals surface area contributed by atoms with E-state index >= 15 is 0 Å². The first-order valence-electron chi connectivity index (χ1n) is 6.60. The van der Waals surface area contributed by atoms with Crippen molar-refractivity contribution in [3.8, 4) is 0 Å². The van der Waals surface area contributed by atoms with Gasteiger partial charge in [-0.15, -0.1) is 0 Å². The Kier molecular flexibility index (Phi) is 3.24. The summed E-state index contributed by atoms with van der Waals surface area (Å²) in [5.41, 5.74) is 0.0769. The van der Waals surface area contributed by atoms with Crippen LogP contribution >= 0.6 is 0 Å². The summed E-state index contributed by atoms with van der Waals surface area (Å²) in [6.45, 7) is 6.76. The maximum absolute atomic E-state index is 12.0. The van der Waals surface area contributed by atoms with Crippen LogP contribution in [0.3, 0.4) is 0 Å². The fourth-order valence-electron chi connectivity index (χ4n) is 3.42. The van der Waals surface area contributed by atoms with Gasteiger partial charge in [-0.3, -0.25) is 9.69 Å². The highest BCUT2D eigenvalue weighted by molar-refractivity contribution is 5.77. The van der Waals surface area contributed by atoms with E-state index in [0.717, 1.165) is 32.4 Å². The van der Waals surface area contributed by atoms with E-state index in [1.165, 1.54) is 12.8 Å². The highest BCUT2D eigenvalue weighted by Crippen LogP contribution is 2.37. The highest BCUT2D eigenvalue weighted by Gasteiger charge is 2.47. The van der Waals surface area contributed by atoms with Crippen LogP contribution in [0.25, 0.3) is 0 Å². The molecule has 3 nitrogen and oxygen atoms in total. The second-order valence-electron chi connectivity index (χ2n) is 5.45. The van der Waals surface area contributed by atoms with Gasteiger partial charge in [-0.2, -0.15) is 0 Å². The molecule has 3 heteroatoms. The maximum Gasteiger partial charge on any atom is 0.222 e. The summed E-state index contributed by atoms with van der Waals surface area (Å²) >= 11 is 0. The van der Waals surface area contributed by atoms with Gasteiger partial charge < -0.3 is 4.90 Å². The highest BCUT2D eigenvalue weighted by atomic mass is 16.2. The molecule has 2 saturated heterocycles. The van der Waals surface area contributed by atoms with E-state index in [9.17, 15) is 4.79 Å². The number of nitrogens with zero attached hydrogens (tertiary/aromatic N) is 2. The predicted molar refractivity (Wildman–Crippen MR) is 65.3 cm³/mol. The second kappa shape index (κ2) is 4.36. The van der Waals surface area contributed by atoms with E-state index in [1.807, 2.05) is 11.9 Å². The Morgan fingerprint density at radius 1 is 1.44 bits per heavy atom. The first-order chi connectivity index (χ1) is 7.59. The molecule has 92 valence electrons. The van der Waals surface area contributed by atoms with Gasteiger partial charge in [0.1, 0.15) is 0 Å². The molecular formula is C13H24N2O. The standard InChI is InChI=1S/C13H24N2O/c1-4-15-10-9-13(2)11(15)7-5-6-8-12(16)14(13)3/h11H,4-10H2,1-3H3/t11-,13-/m1/s1. The lowest BCUT2D eigenvalue weighted by atomic mass is 9.85. The van der Waals surface area contributed by atoms with Crippen LogP contribution in [0.1, 0.15) is 46.0 Å². The van der Waals surface area contributed by atoms with Crippen molar-refractivity contribution >= 4 is 5.91 Å². The molecule has 0 aromatic rings. The van der Waals surface area contributed by atoms with Gasteiger partial charge in [-0.1, -0.05) is 13.3 Å². The molecular weight excluding hydrogens is 200 g/mol. The molecule has 0 bridgehead atoms. The quantitative estimate of drug-likeness (QED) is 0.679. The molecule has 2 aliphatic rings. The van der Waals surface area contributed by atoms with Gasteiger partial charge in [0, 0.05) is 26.1 Å². The monoisotopic (exact) mass is 224 g/mol. The average Bonchev–Trinajstić information content (AvgIpc) is 2.60. The van der Waals surface area contributed by atoms with Crippen LogP contribution in [0.4, 0.5) is 0 Å². The molecule has 0 radical (unpaired) electrons. The average molecular weight is 224 g/mol. The summed E-state index contributed by atoms with van der Waals surface area (Å²) in [5.74, 6) is 0.338. The third-order valence-corrected chi connectivity index (χ3v) is 4.73. The van der Waals surface area contributed by atoms with Gasteiger partial charge in [0.2, 0.25) is 5.91 Å². The normalized spacial score (nSPS) is 37.1. The van der Waals surface area contributed by atoms with Gasteiger partial charge in [0.05, 0.1) is 5.54 Å². The van der Waals surface area contributed by atoms with Crippen LogP contribution in [0.15, 0.2) is 0 Å². The van der Waals surface area contributed by atoms with Crippen LogP contribution in [0.2, 0.25) is 0 Å². The summed E-state index contributed by atoms with van der Waals surface area (Å²) in [7, 11) is 2.00. The summed E-state index contributed by atoms with van der Waals surface area (Å²) in [6.07, 6.45) is 5.39. The molecule has 0 spiro atoms. The van der Waals surface area contributed by atoms with Gasteiger partial charge in [0.15, 0.2) is 0 Å². The van der Waals surface area contributed by atoms with Crippen molar-refractivity contribution in [3.05, 3.63) is 0 Å².